The van der Waals surface area contributed by atoms with Gasteiger partial charge >= 0.3 is 0 Å². The summed E-state index contributed by atoms with van der Waals surface area (Å²) in [6.45, 7) is 1.72. The van der Waals surface area contributed by atoms with Crippen molar-refractivity contribution < 1.29 is 4.39 Å². The van der Waals surface area contributed by atoms with Crippen LogP contribution in [0.5, 0.6) is 0 Å². The van der Waals surface area contributed by atoms with Gasteiger partial charge in [0.1, 0.15) is 5.82 Å². The normalized spacial score (nSPS) is 12.5. The second kappa shape index (κ2) is 5.07. The second-order valence-corrected chi connectivity index (χ2v) is 4.74. The zero-order valence-corrected chi connectivity index (χ0v) is 10.8. The Morgan fingerprint density at radius 1 is 1.12 bits per heavy atom. The van der Waals surface area contributed by atoms with E-state index in [1.165, 1.54) is 6.07 Å². The van der Waals surface area contributed by atoms with Gasteiger partial charge in [0.2, 0.25) is 0 Å². The van der Waals surface area contributed by atoms with E-state index in [4.69, 9.17) is 23.2 Å². The van der Waals surface area contributed by atoms with Crippen LogP contribution >= 0.6 is 23.2 Å². The fourth-order valence-electron chi connectivity index (χ4n) is 1.69. The highest BCUT2D eigenvalue weighted by molar-refractivity contribution is 6.33. The average molecular weight is 269 g/mol. The summed E-state index contributed by atoms with van der Waals surface area (Å²) in [6, 6.07) is 12.3. The third kappa shape index (κ3) is 2.62. The number of rotatable bonds is 2. The lowest BCUT2D eigenvalue weighted by Crippen LogP contribution is -1.96. The predicted molar refractivity (Wildman–Crippen MR) is 70.3 cm³/mol. The molecule has 0 aliphatic heterocycles. The second-order valence-electron chi connectivity index (χ2n) is 3.89. The van der Waals surface area contributed by atoms with Crippen LogP contribution in [0, 0.1) is 12.7 Å². The van der Waals surface area contributed by atoms with Crippen LogP contribution in [0.4, 0.5) is 4.39 Å². The molecule has 0 radical (unpaired) electrons. The van der Waals surface area contributed by atoms with E-state index in [1.54, 1.807) is 25.1 Å². The van der Waals surface area contributed by atoms with E-state index in [9.17, 15) is 4.39 Å². The fourth-order valence-corrected chi connectivity index (χ4v) is 2.31. The Bertz CT molecular complexity index is 537. The Morgan fingerprint density at radius 2 is 1.82 bits per heavy atom. The van der Waals surface area contributed by atoms with Crippen LogP contribution in [0.25, 0.3) is 0 Å². The molecule has 2 aromatic rings. The Kier molecular flexibility index (Phi) is 3.70. The van der Waals surface area contributed by atoms with Gasteiger partial charge in [-0.05, 0) is 35.7 Å². The first-order chi connectivity index (χ1) is 8.09. The molecule has 0 heterocycles. The Morgan fingerprint density at radius 3 is 2.47 bits per heavy atom. The van der Waals surface area contributed by atoms with E-state index >= 15 is 0 Å². The summed E-state index contributed by atoms with van der Waals surface area (Å²) in [5.74, 6) is -0.225. The molecule has 2 aromatic carbocycles. The topological polar surface area (TPSA) is 0 Å². The van der Waals surface area contributed by atoms with E-state index in [-0.39, 0.29) is 11.2 Å². The van der Waals surface area contributed by atoms with E-state index in [0.29, 0.717) is 10.6 Å². The van der Waals surface area contributed by atoms with E-state index in [1.807, 2.05) is 18.2 Å². The van der Waals surface area contributed by atoms with E-state index in [0.717, 1.165) is 11.1 Å². The highest BCUT2D eigenvalue weighted by atomic mass is 35.5. The zero-order chi connectivity index (χ0) is 12.4. The molecule has 0 aliphatic carbocycles. The first kappa shape index (κ1) is 12.4. The molecule has 1 unspecified atom stereocenters. The molecule has 1 atom stereocenters. The van der Waals surface area contributed by atoms with Gasteiger partial charge in [0.25, 0.3) is 0 Å². The summed E-state index contributed by atoms with van der Waals surface area (Å²) in [5, 5.41) is 0.262. The van der Waals surface area contributed by atoms with Crippen molar-refractivity contribution in [1.82, 2.24) is 0 Å². The lowest BCUT2D eigenvalue weighted by atomic mass is 10.0. The molecule has 17 heavy (non-hydrogen) atoms. The van der Waals surface area contributed by atoms with Crippen molar-refractivity contribution in [2.24, 2.45) is 0 Å². The third-order valence-corrected chi connectivity index (χ3v) is 3.48. The number of hydrogen-bond donors (Lipinski definition) is 0. The Labute approximate surface area is 110 Å². The van der Waals surface area contributed by atoms with Crippen LogP contribution in [-0.2, 0) is 0 Å². The van der Waals surface area contributed by atoms with Gasteiger partial charge in [-0.1, -0.05) is 41.9 Å². The minimum atomic E-state index is -0.358. The van der Waals surface area contributed by atoms with Gasteiger partial charge in [-0.2, -0.15) is 0 Å². The summed E-state index contributed by atoms with van der Waals surface area (Å²) in [4.78, 5) is 0. The summed E-state index contributed by atoms with van der Waals surface area (Å²) in [5.41, 5.74) is 2.26. The largest absolute Gasteiger partial charge is 0.207 e. The van der Waals surface area contributed by atoms with Crippen molar-refractivity contribution in [1.29, 1.82) is 0 Å². The summed E-state index contributed by atoms with van der Waals surface area (Å²) in [7, 11) is 0. The minimum Gasteiger partial charge on any atom is -0.207 e. The maximum Gasteiger partial charge on any atom is 0.126 e. The van der Waals surface area contributed by atoms with Crippen LogP contribution in [0.3, 0.4) is 0 Å². The maximum atomic E-state index is 13.2. The number of hydrogen-bond acceptors (Lipinski definition) is 0. The lowest BCUT2D eigenvalue weighted by molar-refractivity contribution is 0.617. The smallest absolute Gasteiger partial charge is 0.126 e. The lowest BCUT2D eigenvalue weighted by Gasteiger charge is -2.12. The molecule has 0 aliphatic rings. The molecule has 2 rings (SSSR count). The van der Waals surface area contributed by atoms with Crippen molar-refractivity contribution in [3.8, 4) is 0 Å². The van der Waals surface area contributed by atoms with Crippen LogP contribution in [0.1, 0.15) is 22.1 Å². The summed E-state index contributed by atoms with van der Waals surface area (Å²) < 4.78 is 13.2. The van der Waals surface area contributed by atoms with Gasteiger partial charge in [0, 0.05) is 5.02 Å². The SMILES string of the molecule is Cc1cc(C(Cl)c2ccccc2Cl)ccc1F. The number of alkyl halides is 1. The average Bonchev–Trinajstić information content (AvgIpc) is 2.32. The van der Waals surface area contributed by atoms with E-state index in [2.05, 4.69) is 0 Å². The molecule has 0 spiro atoms. The van der Waals surface area contributed by atoms with Crippen molar-refractivity contribution in [3.63, 3.8) is 0 Å². The predicted octanol–water partition coefficient (Wildman–Crippen LogP) is 5.12. The minimum absolute atomic E-state index is 0.225. The number of aryl methyl sites for hydroxylation is 1. The summed E-state index contributed by atoms with van der Waals surface area (Å²) in [6.07, 6.45) is 0. The molecule has 3 heteroatoms. The Balaban J connectivity index is 2.40. The molecule has 0 saturated heterocycles. The molecule has 0 aromatic heterocycles. The van der Waals surface area contributed by atoms with Crippen molar-refractivity contribution in [2.45, 2.75) is 12.3 Å². The highest BCUT2D eigenvalue weighted by Crippen LogP contribution is 2.33. The van der Waals surface area contributed by atoms with Crippen molar-refractivity contribution in [2.75, 3.05) is 0 Å². The van der Waals surface area contributed by atoms with Crippen LogP contribution < -0.4 is 0 Å². The molecule has 0 N–H and O–H groups in total. The highest BCUT2D eigenvalue weighted by Gasteiger charge is 2.14. The molecule has 0 amide bonds. The molecule has 88 valence electrons. The first-order valence-corrected chi connectivity index (χ1v) is 6.05. The first-order valence-electron chi connectivity index (χ1n) is 5.24. The monoisotopic (exact) mass is 268 g/mol. The quantitative estimate of drug-likeness (QED) is 0.664. The van der Waals surface area contributed by atoms with Gasteiger partial charge in [-0.25, -0.2) is 4.39 Å². The van der Waals surface area contributed by atoms with Gasteiger partial charge in [-0.3, -0.25) is 0 Å². The van der Waals surface area contributed by atoms with Crippen molar-refractivity contribution >= 4 is 23.2 Å². The third-order valence-electron chi connectivity index (χ3n) is 2.65. The molecule has 0 bridgehead atoms. The zero-order valence-electron chi connectivity index (χ0n) is 9.25. The van der Waals surface area contributed by atoms with Crippen LogP contribution in [0.2, 0.25) is 5.02 Å². The molecule has 0 nitrogen and oxygen atoms in total. The number of halogens is 3. The summed E-state index contributed by atoms with van der Waals surface area (Å²) >= 11 is 12.4. The van der Waals surface area contributed by atoms with Gasteiger partial charge in [0.15, 0.2) is 0 Å². The van der Waals surface area contributed by atoms with Crippen LogP contribution in [0.15, 0.2) is 42.5 Å². The van der Waals surface area contributed by atoms with Gasteiger partial charge in [0.05, 0.1) is 5.38 Å². The molecule has 0 saturated carbocycles. The van der Waals surface area contributed by atoms with Crippen molar-refractivity contribution in [3.05, 3.63) is 70.0 Å². The van der Waals surface area contributed by atoms with Gasteiger partial charge < -0.3 is 0 Å². The molecule has 0 fully saturated rings. The number of benzene rings is 2. The Hall–Kier alpha value is -1.05. The maximum absolute atomic E-state index is 13.2. The molecular weight excluding hydrogens is 258 g/mol. The van der Waals surface area contributed by atoms with E-state index < -0.39 is 0 Å². The standard InChI is InChI=1S/C14H11Cl2F/c1-9-8-10(6-7-13(9)17)14(16)11-4-2-3-5-12(11)15/h2-8,14H,1H3. The fraction of sp³-hybridized carbons (Fsp3) is 0.143. The van der Waals surface area contributed by atoms with Gasteiger partial charge in [-0.15, -0.1) is 11.6 Å². The van der Waals surface area contributed by atoms with Crippen LogP contribution in [-0.4, -0.2) is 0 Å². The molecular formula is C14H11Cl2F.